The van der Waals surface area contributed by atoms with Crippen LogP contribution in [0, 0.1) is 13.8 Å². The molecule has 3 aromatic heterocycles. The summed E-state index contributed by atoms with van der Waals surface area (Å²) in [6.07, 6.45) is 1.46. The predicted octanol–water partition coefficient (Wildman–Crippen LogP) is 4.94. The largest absolute Gasteiger partial charge is 0.489 e. The molecule has 0 bridgehead atoms. The summed E-state index contributed by atoms with van der Waals surface area (Å²) in [7, 11) is 0. The number of carbonyl (C=O) groups is 1. The summed E-state index contributed by atoms with van der Waals surface area (Å²) < 4.78 is 17.2. The van der Waals surface area contributed by atoms with Crippen molar-refractivity contribution in [1.82, 2.24) is 15.1 Å². The number of hydrogen-bond donors (Lipinski definition) is 1. The van der Waals surface area contributed by atoms with Gasteiger partial charge in [-0.05, 0) is 43.8 Å². The Balaban J connectivity index is 0.00000272. The van der Waals surface area contributed by atoms with E-state index in [1.807, 2.05) is 30.5 Å². The minimum absolute atomic E-state index is 0. The lowest BCUT2D eigenvalue weighted by molar-refractivity contribution is 0.0528. The lowest BCUT2D eigenvalue weighted by atomic mass is 10.1. The smallest absolute Gasteiger partial charge is 0.341 e. The van der Waals surface area contributed by atoms with Crippen LogP contribution in [0.4, 0.5) is 5.82 Å². The van der Waals surface area contributed by atoms with Crippen molar-refractivity contribution in [2.24, 2.45) is 0 Å². The van der Waals surface area contributed by atoms with Crippen LogP contribution < -0.4 is 10.5 Å². The van der Waals surface area contributed by atoms with Crippen molar-refractivity contribution < 1.29 is 18.8 Å². The van der Waals surface area contributed by atoms with Gasteiger partial charge in [-0.1, -0.05) is 18.6 Å². The van der Waals surface area contributed by atoms with Crippen molar-refractivity contribution in [3.8, 4) is 17.2 Å². The Morgan fingerprint density at radius 1 is 1.29 bits per heavy atom. The molecule has 8 nitrogen and oxygen atoms in total. The molecule has 0 saturated carbocycles. The van der Waals surface area contributed by atoms with Gasteiger partial charge in [-0.25, -0.2) is 9.78 Å². The van der Waals surface area contributed by atoms with Gasteiger partial charge in [0.2, 0.25) is 0 Å². The Kier molecular flexibility index (Phi) is 6.55. The zero-order chi connectivity index (χ0) is 21.3. The molecule has 9 heteroatoms. The quantitative estimate of drug-likeness (QED) is 0.420. The summed E-state index contributed by atoms with van der Waals surface area (Å²) in [5.41, 5.74) is 9.10. The molecule has 4 aromatic rings. The third kappa shape index (κ3) is 4.36. The second-order valence-electron chi connectivity index (χ2n) is 6.66. The zero-order valence-electron chi connectivity index (χ0n) is 16.8. The molecule has 0 spiro atoms. The standard InChI is InChI=1S/C21H20N4O4S.CH4/c1-4-27-21(26)15-8-23-19(22)17-14(10-30-18(15)17)9-28-16-7-13(6-5-11(16)2)20-24-12(3)25-29-20;/h5-8,10H,4,9H2,1-3H3,(H2,22,23);1H4. The number of rotatable bonds is 6. The van der Waals surface area contributed by atoms with E-state index >= 15 is 0 Å². The fourth-order valence-corrected chi connectivity index (χ4v) is 4.11. The number of ether oxygens (including phenoxy) is 2. The van der Waals surface area contributed by atoms with Crippen LogP contribution >= 0.6 is 11.3 Å². The maximum absolute atomic E-state index is 12.2. The minimum Gasteiger partial charge on any atom is -0.489 e. The molecule has 0 saturated heterocycles. The van der Waals surface area contributed by atoms with Gasteiger partial charge in [-0.15, -0.1) is 11.3 Å². The molecule has 0 aliphatic carbocycles. The fraction of sp³-hybridized carbons (Fsp3) is 0.273. The van der Waals surface area contributed by atoms with Crippen LogP contribution in [0.25, 0.3) is 21.5 Å². The minimum atomic E-state index is -0.414. The summed E-state index contributed by atoms with van der Waals surface area (Å²) in [5, 5.41) is 6.46. The number of nitrogens with zero attached hydrogens (tertiary/aromatic N) is 3. The molecule has 0 amide bonds. The van der Waals surface area contributed by atoms with E-state index in [2.05, 4.69) is 15.1 Å². The van der Waals surface area contributed by atoms with Crippen molar-refractivity contribution in [3.63, 3.8) is 0 Å². The van der Waals surface area contributed by atoms with Crippen LogP contribution in [0.2, 0.25) is 0 Å². The number of pyridine rings is 1. The van der Waals surface area contributed by atoms with Crippen molar-refractivity contribution in [3.05, 3.63) is 52.3 Å². The molecule has 31 heavy (non-hydrogen) atoms. The number of benzene rings is 1. The summed E-state index contributed by atoms with van der Waals surface area (Å²) in [6, 6.07) is 5.70. The number of hydrogen-bond acceptors (Lipinski definition) is 9. The fourth-order valence-electron chi connectivity index (χ4n) is 3.05. The first-order chi connectivity index (χ1) is 14.5. The molecule has 2 N–H and O–H groups in total. The maximum Gasteiger partial charge on any atom is 0.341 e. The molecule has 4 rings (SSSR count). The van der Waals surface area contributed by atoms with Gasteiger partial charge in [-0.2, -0.15) is 4.98 Å². The van der Waals surface area contributed by atoms with E-state index in [1.165, 1.54) is 17.5 Å². The first-order valence-corrected chi connectivity index (χ1v) is 10.2. The van der Waals surface area contributed by atoms with E-state index < -0.39 is 5.97 Å². The lowest BCUT2D eigenvalue weighted by Crippen LogP contribution is -2.07. The van der Waals surface area contributed by atoms with E-state index in [0.29, 0.717) is 40.8 Å². The average Bonchev–Trinajstić information content (AvgIpc) is 3.35. The highest BCUT2D eigenvalue weighted by Gasteiger charge is 2.19. The number of thiophene rings is 1. The monoisotopic (exact) mass is 440 g/mol. The third-order valence-corrected chi connectivity index (χ3v) is 5.60. The van der Waals surface area contributed by atoms with Gasteiger partial charge in [0, 0.05) is 22.7 Å². The number of esters is 1. The molecule has 162 valence electrons. The van der Waals surface area contributed by atoms with Crippen LogP contribution in [0.15, 0.2) is 34.3 Å². The summed E-state index contributed by atoms with van der Waals surface area (Å²) in [5.74, 6) is 1.63. The number of nitrogen functional groups attached to an aromatic ring is 1. The van der Waals surface area contributed by atoms with Crippen LogP contribution in [0.1, 0.15) is 41.7 Å². The molecular formula is C22H24N4O4S. The highest BCUT2D eigenvalue weighted by Crippen LogP contribution is 2.34. The van der Waals surface area contributed by atoms with Crippen LogP contribution in [-0.4, -0.2) is 27.7 Å². The summed E-state index contributed by atoms with van der Waals surface area (Å²) >= 11 is 1.42. The van der Waals surface area contributed by atoms with Crippen molar-refractivity contribution in [2.75, 3.05) is 12.3 Å². The van der Waals surface area contributed by atoms with Crippen LogP contribution in [-0.2, 0) is 11.3 Å². The molecular weight excluding hydrogens is 416 g/mol. The molecule has 1 aromatic carbocycles. The van der Waals surface area contributed by atoms with Gasteiger partial charge in [0.15, 0.2) is 5.82 Å². The highest BCUT2D eigenvalue weighted by molar-refractivity contribution is 7.17. The second kappa shape index (κ2) is 9.13. The van der Waals surface area contributed by atoms with E-state index in [-0.39, 0.29) is 14.0 Å². The number of aryl methyl sites for hydroxylation is 2. The van der Waals surface area contributed by atoms with Crippen molar-refractivity contribution in [2.45, 2.75) is 34.8 Å². The van der Waals surface area contributed by atoms with Crippen LogP contribution in [0.3, 0.4) is 0 Å². The zero-order valence-corrected chi connectivity index (χ0v) is 17.6. The molecule has 0 aliphatic heterocycles. The SMILES string of the molecule is C.CCOC(=O)c1cnc(N)c2c(COc3cc(-c4nc(C)no4)ccc3C)csc12. The Hall–Kier alpha value is -3.46. The predicted molar refractivity (Wildman–Crippen MR) is 120 cm³/mol. The molecule has 0 radical (unpaired) electrons. The Morgan fingerprint density at radius 2 is 2.10 bits per heavy atom. The van der Waals surface area contributed by atoms with Gasteiger partial charge in [0.25, 0.3) is 5.89 Å². The lowest BCUT2D eigenvalue weighted by Gasteiger charge is -2.10. The average molecular weight is 441 g/mol. The molecule has 0 aliphatic rings. The first-order valence-electron chi connectivity index (χ1n) is 9.33. The van der Waals surface area contributed by atoms with E-state index in [1.54, 1.807) is 13.8 Å². The number of anilines is 1. The number of carbonyl (C=O) groups excluding carboxylic acids is 1. The number of fused-ring (bicyclic) bond motifs is 1. The summed E-state index contributed by atoms with van der Waals surface area (Å²) in [6.45, 7) is 6.05. The summed E-state index contributed by atoms with van der Waals surface area (Å²) in [4.78, 5) is 20.7. The molecule has 0 unspecified atom stereocenters. The van der Waals surface area contributed by atoms with Crippen molar-refractivity contribution >= 4 is 33.2 Å². The maximum atomic E-state index is 12.2. The molecule has 0 atom stereocenters. The van der Waals surface area contributed by atoms with Crippen LogP contribution in [0.5, 0.6) is 5.75 Å². The third-order valence-electron chi connectivity index (χ3n) is 4.54. The Labute approximate surface area is 184 Å². The number of aromatic nitrogens is 3. The topological polar surface area (TPSA) is 113 Å². The Bertz CT molecular complexity index is 1230. The van der Waals surface area contributed by atoms with E-state index in [4.69, 9.17) is 19.7 Å². The number of nitrogens with two attached hydrogens (primary N) is 1. The van der Waals surface area contributed by atoms with E-state index in [9.17, 15) is 4.79 Å². The van der Waals surface area contributed by atoms with Gasteiger partial charge in [0.05, 0.1) is 16.9 Å². The highest BCUT2D eigenvalue weighted by atomic mass is 32.1. The normalized spacial score (nSPS) is 10.7. The second-order valence-corrected chi connectivity index (χ2v) is 7.54. The van der Waals surface area contributed by atoms with Gasteiger partial charge >= 0.3 is 5.97 Å². The van der Waals surface area contributed by atoms with E-state index in [0.717, 1.165) is 21.4 Å². The van der Waals surface area contributed by atoms with Gasteiger partial charge in [0.1, 0.15) is 18.2 Å². The molecule has 0 fully saturated rings. The first kappa shape index (κ1) is 22.2. The Morgan fingerprint density at radius 3 is 2.81 bits per heavy atom. The van der Waals surface area contributed by atoms with Crippen molar-refractivity contribution in [1.29, 1.82) is 0 Å². The van der Waals surface area contributed by atoms with Gasteiger partial charge < -0.3 is 19.7 Å². The van der Waals surface area contributed by atoms with Gasteiger partial charge in [-0.3, -0.25) is 0 Å². The molecule has 3 heterocycles.